The standard InChI is InChI=1S/C17H17N3O2S2/c1-13-8-10-16(11-9-13)24(21,22)19-17-20(18-14(2)23-17)12-15-6-4-3-5-7-15/h3-11H,12H2,1-2H3/b19-17-. The summed E-state index contributed by atoms with van der Waals surface area (Å²) in [5, 5.41) is 5.14. The summed E-state index contributed by atoms with van der Waals surface area (Å²) in [6, 6.07) is 16.4. The van der Waals surface area contributed by atoms with Crippen molar-refractivity contribution in [1.29, 1.82) is 0 Å². The first kappa shape index (κ1) is 16.6. The van der Waals surface area contributed by atoms with Gasteiger partial charge in [-0.25, -0.2) is 4.68 Å². The molecule has 24 heavy (non-hydrogen) atoms. The van der Waals surface area contributed by atoms with E-state index in [9.17, 15) is 8.42 Å². The third-order valence-corrected chi connectivity index (χ3v) is 5.67. The first-order valence-corrected chi connectivity index (χ1v) is 9.66. The van der Waals surface area contributed by atoms with Crippen LogP contribution in [0.25, 0.3) is 0 Å². The van der Waals surface area contributed by atoms with Crippen molar-refractivity contribution in [3.8, 4) is 0 Å². The van der Waals surface area contributed by atoms with Gasteiger partial charge in [0, 0.05) is 0 Å². The molecule has 0 aliphatic heterocycles. The van der Waals surface area contributed by atoms with Gasteiger partial charge in [-0.15, -0.1) is 4.40 Å². The summed E-state index contributed by atoms with van der Waals surface area (Å²) in [7, 11) is -3.76. The topological polar surface area (TPSA) is 64.3 Å². The molecule has 5 nitrogen and oxygen atoms in total. The highest BCUT2D eigenvalue weighted by Gasteiger charge is 2.14. The molecule has 0 aliphatic carbocycles. The van der Waals surface area contributed by atoms with Crippen molar-refractivity contribution in [3.05, 3.63) is 75.5 Å². The maximum atomic E-state index is 12.5. The van der Waals surface area contributed by atoms with Crippen LogP contribution in [0.3, 0.4) is 0 Å². The average Bonchev–Trinajstić information content (AvgIpc) is 2.87. The predicted molar refractivity (Wildman–Crippen MR) is 94.3 cm³/mol. The lowest BCUT2D eigenvalue weighted by Crippen LogP contribution is -2.19. The molecule has 0 spiro atoms. The molecule has 0 aliphatic rings. The summed E-state index contributed by atoms with van der Waals surface area (Å²) < 4.78 is 30.7. The number of rotatable bonds is 4. The molecule has 0 amide bonds. The third kappa shape index (κ3) is 3.80. The zero-order valence-electron chi connectivity index (χ0n) is 13.4. The van der Waals surface area contributed by atoms with Crippen LogP contribution >= 0.6 is 11.3 Å². The van der Waals surface area contributed by atoms with E-state index in [1.54, 1.807) is 28.9 Å². The van der Waals surface area contributed by atoms with Crippen molar-refractivity contribution in [2.24, 2.45) is 4.40 Å². The minimum Gasteiger partial charge on any atom is -0.233 e. The van der Waals surface area contributed by atoms with Gasteiger partial charge in [-0.1, -0.05) is 59.4 Å². The third-order valence-electron chi connectivity index (χ3n) is 3.41. The molecule has 3 rings (SSSR count). The Morgan fingerprint density at radius 3 is 2.38 bits per heavy atom. The van der Waals surface area contributed by atoms with E-state index in [-0.39, 0.29) is 4.90 Å². The highest BCUT2D eigenvalue weighted by molar-refractivity contribution is 7.90. The Labute approximate surface area is 145 Å². The first-order chi connectivity index (χ1) is 11.4. The van der Waals surface area contributed by atoms with Gasteiger partial charge in [0.1, 0.15) is 5.01 Å². The molecule has 7 heteroatoms. The fourth-order valence-corrected chi connectivity index (χ4v) is 4.15. The smallest absolute Gasteiger partial charge is 0.233 e. The first-order valence-electron chi connectivity index (χ1n) is 7.40. The Balaban J connectivity index is 2.02. The zero-order chi connectivity index (χ0) is 17.2. The van der Waals surface area contributed by atoms with Crippen molar-refractivity contribution in [2.45, 2.75) is 25.3 Å². The van der Waals surface area contributed by atoms with Crippen LogP contribution in [0.1, 0.15) is 16.1 Å². The fraction of sp³-hybridized carbons (Fsp3) is 0.176. The number of hydrogen-bond acceptors (Lipinski definition) is 4. The second-order valence-corrected chi connectivity index (χ2v) is 8.19. The van der Waals surface area contributed by atoms with Crippen LogP contribution in [0.5, 0.6) is 0 Å². The number of aryl methyl sites for hydroxylation is 2. The van der Waals surface area contributed by atoms with Crippen molar-refractivity contribution >= 4 is 21.4 Å². The molecule has 3 aromatic rings. The van der Waals surface area contributed by atoms with Crippen LogP contribution in [0.15, 0.2) is 63.9 Å². The lowest BCUT2D eigenvalue weighted by molar-refractivity contribution is 0.592. The zero-order valence-corrected chi connectivity index (χ0v) is 15.0. The lowest BCUT2D eigenvalue weighted by atomic mass is 10.2. The van der Waals surface area contributed by atoms with Gasteiger partial charge in [0.15, 0.2) is 0 Å². The van der Waals surface area contributed by atoms with Gasteiger partial charge < -0.3 is 0 Å². The van der Waals surface area contributed by atoms with E-state index < -0.39 is 10.0 Å². The summed E-state index contributed by atoms with van der Waals surface area (Å²) >= 11 is 1.26. The Morgan fingerprint density at radius 2 is 1.71 bits per heavy atom. The van der Waals surface area contributed by atoms with E-state index in [4.69, 9.17) is 0 Å². The molecule has 124 valence electrons. The van der Waals surface area contributed by atoms with Crippen molar-refractivity contribution in [3.63, 3.8) is 0 Å². The summed E-state index contributed by atoms with van der Waals surface area (Å²) in [6.45, 7) is 4.23. The van der Waals surface area contributed by atoms with E-state index in [0.717, 1.165) is 16.1 Å². The number of nitrogens with zero attached hydrogens (tertiary/aromatic N) is 3. The molecule has 0 unspecified atom stereocenters. The van der Waals surface area contributed by atoms with Crippen LogP contribution in [-0.4, -0.2) is 18.2 Å². The summed E-state index contributed by atoms with van der Waals surface area (Å²) in [4.78, 5) is 0.558. The van der Waals surface area contributed by atoms with Gasteiger partial charge in [-0.05, 0) is 31.5 Å². The van der Waals surface area contributed by atoms with Crippen molar-refractivity contribution < 1.29 is 8.42 Å². The lowest BCUT2D eigenvalue weighted by Gasteiger charge is -2.02. The Bertz CT molecular complexity index is 1000. The molecule has 0 N–H and O–H groups in total. The summed E-state index contributed by atoms with van der Waals surface area (Å²) in [5.41, 5.74) is 2.04. The van der Waals surface area contributed by atoms with E-state index in [1.165, 1.54) is 11.3 Å². The van der Waals surface area contributed by atoms with Gasteiger partial charge in [0.2, 0.25) is 4.80 Å². The second-order valence-electron chi connectivity index (χ2n) is 5.43. The molecule has 0 fully saturated rings. The van der Waals surface area contributed by atoms with E-state index in [0.29, 0.717) is 11.3 Å². The summed E-state index contributed by atoms with van der Waals surface area (Å²) in [5.74, 6) is 0. The van der Waals surface area contributed by atoms with Crippen LogP contribution < -0.4 is 4.80 Å². The quantitative estimate of drug-likeness (QED) is 0.719. The van der Waals surface area contributed by atoms with Gasteiger partial charge in [-0.2, -0.15) is 13.5 Å². The number of hydrogen-bond donors (Lipinski definition) is 0. The van der Waals surface area contributed by atoms with Gasteiger partial charge in [-0.3, -0.25) is 0 Å². The van der Waals surface area contributed by atoms with Crippen LogP contribution in [0.2, 0.25) is 0 Å². The molecule has 2 aromatic carbocycles. The molecule has 1 heterocycles. The van der Waals surface area contributed by atoms with E-state index >= 15 is 0 Å². The number of benzene rings is 2. The monoisotopic (exact) mass is 359 g/mol. The minimum atomic E-state index is -3.76. The number of sulfonamides is 1. The number of aromatic nitrogens is 2. The maximum absolute atomic E-state index is 12.5. The fourth-order valence-electron chi connectivity index (χ4n) is 2.21. The average molecular weight is 359 g/mol. The largest absolute Gasteiger partial charge is 0.285 e. The predicted octanol–water partition coefficient (Wildman–Crippen LogP) is 2.90. The highest BCUT2D eigenvalue weighted by Crippen LogP contribution is 2.13. The Hall–Kier alpha value is -2.25. The summed E-state index contributed by atoms with van der Waals surface area (Å²) in [6.07, 6.45) is 0. The van der Waals surface area contributed by atoms with Gasteiger partial charge in [0.05, 0.1) is 11.4 Å². The molecule has 0 saturated heterocycles. The Morgan fingerprint density at radius 1 is 1.04 bits per heavy atom. The second kappa shape index (κ2) is 6.70. The molecular weight excluding hydrogens is 342 g/mol. The molecule has 0 bridgehead atoms. The van der Waals surface area contributed by atoms with Crippen LogP contribution in [-0.2, 0) is 16.6 Å². The molecule has 0 atom stereocenters. The minimum absolute atomic E-state index is 0.186. The van der Waals surface area contributed by atoms with Crippen LogP contribution in [0, 0.1) is 13.8 Å². The van der Waals surface area contributed by atoms with E-state index in [2.05, 4.69) is 9.50 Å². The SMILES string of the molecule is Cc1ccc(S(=O)(=O)/N=c2\sc(C)nn2Cc2ccccc2)cc1. The Kier molecular flexibility index (Phi) is 4.64. The van der Waals surface area contributed by atoms with Gasteiger partial charge in [0.25, 0.3) is 10.0 Å². The molecular formula is C17H17N3O2S2. The molecule has 1 aromatic heterocycles. The van der Waals surface area contributed by atoms with Gasteiger partial charge >= 0.3 is 0 Å². The normalized spacial score (nSPS) is 12.5. The maximum Gasteiger partial charge on any atom is 0.285 e. The highest BCUT2D eigenvalue weighted by atomic mass is 32.2. The van der Waals surface area contributed by atoms with Crippen LogP contribution in [0.4, 0.5) is 0 Å². The van der Waals surface area contributed by atoms with Crippen molar-refractivity contribution in [1.82, 2.24) is 9.78 Å². The van der Waals surface area contributed by atoms with Crippen molar-refractivity contribution in [2.75, 3.05) is 0 Å². The molecule has 0 radical (unpaired) electrons. The molecule has 0 saturated carbocycles. The van der Waals surface area contributed by atoms with E-state index in [1.807, 2.05) is 44.2 Å².